The zero-order valence-corrected chi connectivity index (χ0v) is 14.4. The van der Waals surface area contributed by atoms with E-state index in [9.17, 15) is 18.0 Å². The molecule has 1 unspecified atom stereocenters. The Hall–Kier alpha value is -2.49. The molecule has 3 aromatic rings. The molecule has 0 aliphatic heterocycles. The van der Waals surface area contributed by atoms with Crippen LogP contribution >= 0.6 is 11.3 Å². The number of hydrogen-bond acceptors (Lipinski definition) is 5. The van der Waals surface area contributed by atoms with Gasteiger partial charge in [-0.3, -0.25) is 9.20 Å². The van der Waals surface area contributed by atoms with Crippen molar-refractivity contribution in [1.82, 2.24) is 24.7 Å². The number of rotatable bonds is 4. The maximum Gasteiger partial charge on any atom is 0.408 e. The minimum atomic E-state index is -4.48. The molecule has 0 bridgehead atoms. The van der Waals surface area contributed by atoms with Crippen molar-refractivity contribution in [2.45, 2.75) is 32.0 Å². The van der Waals surface area contributed by atoms with E-state index in [1.165, 1.54) is 17.7 Å². The third kappa shape index (κ3) is 3.05. The smallest absolute Gasteiger partial charge is 0.339 e. The molecule has 0 aromatic carbocycles. The lowest BCUT2D eigenvalue weighted by Gasteiger charge is -2.20. The normalized spacial score (nSPS) is 16.0. The molecular weight excluding hydrogens is 367 g/mol. The summed E-state index contributed by atoms with van der Waals surface area (Å²) in [4.78, 5) is 25.1. The van der Waals surface area contributed by atoms with Gasteiger partial charge in [0.25, 0.3) is 5.91 Å². The second-order valence-electron chi connectivity index (χ2n) is 6.24. The number of carbonyl (C=O) groups is 1. The van der Waals surface area contributed by atoms with Gasteiger partial charge in [0.2, 0.25) is 0 Å². The van der Waals surface area contributed by atoms with Crippen molar-refractivity contribution in [1.29, 1.82) is 0 Å². The number of amides is 1. The van der Waals surface area contributed by atoms with Crippen molar-refractivity contribution in [3.8, 4) is 10.7 Å². The Bertz CT molecular complexity index is 962. The van der Waals surface area contributed by atoms with Gasteiger partial charge in [-0.25, -0.2) is 15.0 Å². The van der Waals surface area contributed by atoms with Crippen LogP contribution in [0.2, 0.25) is 0 Å². The molecule has 1 fully saturated rings. The summed E-state index contributed by atoms with van der Waals surface area (Å²) < 4.78 is 41.1. The number of nitrogens with one attached hydrogen (secondary N) is 1. The monoisotopic (exact) mass is 381 g/mol. The van der Waals surface area contributed by atoms with Crippen LogP contribution < -0.4 is 5.32 Å². The van der Waals surface area contributed by atoms with Gasteiger partial charge in [0.1, 0.15) is 23.1 Å². The van der Waals surface area contributed by atoms with Gasteiger partial charge in [0.05, 0.1) is 0 Å². The Morgan fingerprint density at radius 2 is 2.15 bits per heavy atom. The molecule has 1 aliphatic rings. The van der Waals surface area contributed by atoms with Gasteiger partial charge >= 0.3 is 6.18 Å². The minimum Gasteiger partial charge on any atom is -0.339 e. The van der Waals surface area contributed by atoms with Gasteiger partial charge in [0, 0.05) is 17.3 Å². The van der Waals surface area contributed by atoms with Crippen molar-refractivity contribution in [2.75, 3.05) is 0 Å². The van der Waals surface area contributed by atoms with Crippen LogP contribution in [-0.2, 0) is 0 Å². The van der Waals surface area contributed by atoms with Crippen LogP contribution in [0, 0.1) is 12.8 Å². The summed E-state index contributed by atoms with van der Waals surface area (Å²) in [6.07, 6.45) is -0.547. The topological polar surface area (TPSA) is 72.2 Å². The highest BCUT2D eigenvalue weighted by atomic mass is 32.1. The fraction of sp³-hybridized carbons (Fsp3) is 0.375. The first-order valence-electron chi connectivity index (χ1n) is 7.96. The molecule has 1 amide bonds. The Labute approximate surface area is 150 Å². The van der Waals surface area contributed by atoms with Gasteiger partial charge in [-0.15, -0.1) is 11.3 Å². The lowest BCUT2D eigenvalue weighted by atomic mass is 10.1. The molecule has 0 spiro atoms. The summed E-state index contributed by atoms with van der Waals surface area (Å²) in [6, 6.07) is -0.0623. The van der Waals surface area contributed by atoms with Crippen LogP contribution in [0.15, 0.2) is 24.0 Å². The van der Waals surface area contributed by atoms with Gasteiger partial charge in [-0.1, -0.05) is 0 Å². The van der Waals surface area contributed by atoms with Crippen LogP contribution in [0.25, 0.3) is 16.3 Å². The van der Waals surface area contributed by atoms with Crippen molar-refractivity contribution in [3.63, 3.8) is 0 Å². The molecule has 1 aliphatic carbocycles. The van der Waals surface area contributed by atoms with E-state index in [1.54, 1.807) is 29.0 Å². The maximum atomic E-state index is 13.2. The second kappa shape index (κ2) is 6.04. The quantitative estimate of drug-likeness (QED) is 0.753. The number of thiazole rings is 1. The van der Waals surface area contributed by atoms with Crippen LogP contribution in [0.5, 0.6) is 0 Å². The van der Waals surface area contributed by atoms with E-state index >= 15 is 0 Å². The first kappa shape index (κ1) is 17.0. The maximum absolute atomic E-state index is 13.2. The van der Waals surface area contributed by atoms with E-state index in [-0.39, 0.29) is 11.3 Å². The van der Waals surface area contributed by atoms with E-state index in [0.29, 0.717) is 23.5 Å². The summed E-state index contributed by atoms with van der Waals surface area (Å²) in [7, 11) is 0. The molecule has 10 heteroatoms. The van der Waals surface area contributed by atoms with Gasteiger partial charge in [0.15, 0.2) is 11.3 Å². The molecule has 0 radical (unpaired) electrons. The first-order chi connectivity index (χ1) is 12.3. The minimum absolute atomic E-state index is 0.124. The largest absolute Gasteiger partial charge is 0.408 e. The molecule has 4 rings (SSSR count). The summed E-state index contributed by atoms with van der Waals surface area (Å²) >= 11 is 1.38. The molecule has 3 aromatic heterocycles. The molecule has 3 heterocycles. The number of alkyl halides is 3. The molecule has 26 heavy (non-hydrogen) atoms. The van der Waals surface area contributed by atoms with Crippen molar-refractivity contribution in [3.05, 3.63) is 35.4 Å². The predicted octanol–water partition coefficient (Wildman–Crippen LogP) is 3.23. The molecule has 1 N–H and O–H groups in total. The second-order valence-corrected chi connectivity index (χ2v) is 7.13. The van der Waals surface area contributed by atoms with E-state index in [0.717, 1.165) is 5.69 Å². The third-order valence-electron chi connectivity index (χ3n) is 4.29. The average Bonchev–Trinajstić information content (AvgIpc) is 3.09. The highest BCUT2D eigenvalue weighted by Crippen LogP contribution is 2.40. The predicted molar refractivity (Wildman–Crippen MR) is 88.9 cm³/mol. The number of aromatic nitrogens is 4. The van der Waals surface area contributed by atoms with E-state index in [1.807, 2.05) is 0 Å². The van der Waals surface area contributed by atoms with E-state index < -0.39 is 24.0 Å². The lowest BCUT2D eigenvalue weighted by molar-refractivity contribution is -0.158. The number of carbonyl (C=O) groups excluding carboxylic acids is 1. The lowest BCUT2D eigenvalue weighted by Crippen LogP contribution is -2.47. The highest BCUT2D eigenvalue weighted by molar-refractivity contribution is 7.13. The Morgan fingerprint density at radius 3 is 2.77 bits per heavy atom. The summed E-state index contributed by atoms with van der Waals surface area (Å²) in [5.74, 6) is -1.43. The molecule has 136 valence electrons. The van der Waals surface area contributed by atoms with Crippen molar-refractivity contribution in [2.24, 2.45) is 5.92 Å². The Morgan fingerprint density at radius 1 is 1.38 bits per heavy atom. The number of halogens is 3. The first-order valence-corrected chi connectivity index (χ1v) is 8.84. The standard InChI is InChI=1S/C16H14F3N5OS/c1-8-6-10(15-20-4-5-26-15)22-13-11(21-7-24(8)13)14(25)23-12(9-2-3-9)16(17,18)19/h4-7,9,12H,2-3H2,1H3,(H,23,25). The number of aryl methyl sites for hydroxylation is 1. The highest BCUT2D eigenvalue weighted by Gasteiger charge is 2.50. The fourth-order valence-electron chi connectivity index (χ4n) is 2.85. The number of fused-ring (bicyclic) bond motifs is 1. The van der Waals surface area contributed by atoms with E-state index in [2.05, 4.69) is 20.3 Å². The fourth-order valence-corrected chi connectivity index (χ4v) is 3.44. The van der Waals surface area contributed by atoms with Crippen LogP contribution in [0.4, 0.5) is 13.2 Å². The van der Waals surface area contributed by atoms with Crippen LogP contribution in [0.1, 0.15) is 29.0 Å². The zero-order valence-electron chi connectivity index (χ0n) is 13.6. The number of nitrogens with zero attached hydrogens (tertiary/aromatic N) is 4. The van der Waals surface area contributed by atoms with Crippen molar-refractivity contribution >= 4 is 22.9 Å². The summed E-state index contributed by atoms with van der Waals surface area (Å²) in [6.45, 7) is 1.80. The molecule has 1 atom stereocenters. The Balaban J connectivity index is 1.71. The van der Waals surface area contributed by atoms with Crippen LogP contribution in [-0.4, -0.2) is 37.5 Å². The zero-order chi connectivity index (χ0) is 18.5. The molecular formula is C16H14F3N5OS. The number of hydrogen-bond donors (Lipinski definition) is 1. The van der Waals surface area contributed by atoms with Gasteiger partial charge in [-0.2, -0.15) is 13.2 Å². The van der Waals surface area contributed by atoms with Crippen molar-refractivity contribution < 1.29 is 18.0 Å². The van der Waals surface area contributed by atoms with Crippen LogP contribution in [0.3, 0.4) is 0 Å². The average molecular weight is 381 g/mol. The van der Waals surface area contributed by atoms with Gasteiger partial charge < -0.3 is 5.32 Å². The third-order valence-corrected chi connectivity index (χ3v) is 5.09. The molecule has 1 saturated carbocycles. The summed E-state index contributed by atoms with van der Waals surface area (Å²) in [5.41, 5.74) is 1.39. The van der Waals surface area contributed by atoms with Gasteiger partial charge in [-0.05, 0) is 31.7 Å². The SMILES string of the molecule is Cc1cc(-c2nccs2)nc2c(C(=O)NC(C3CC3)C(F)(F)F)ncn12. The Kier molecular flexibility index (Phi) is 3.94. The molecule has 6 nitrogen and oxygen atoms in total. The summed E-state index contributed by atoms with van der Waals surface area (Å²) in [5, 5.41) is 4.55. The number of imidazole rings is 1. The van der Waals surface area contributed by atoms with E-state index in [4.69, 9.17) is 0 Å². The molecule has 0 saturated heterocycles.